The second-order valence-corrected chi connectivity index (χ2v) is 7.45. The monoisotopic (exact) mass is 443 g/mol. The molecule has 0 saturated heterocycles. The Balaban J connectivity index is 2.25. The largest absolute Gasteiger partial charge is 0.465 e. The van der Waals surface area contributed by atoms with Crippen molar-refractivity contribution in [2.45, 2.75) is 20.4 Å². The van der Waals surface area contributed by atoms with Gasteiger partial charge in [0.05, 0.1) is 42.9 Å². The molecule has 0 aliphatic rings. The average Bonchev–Trinajstić information content (AvgIpc) is 3.16. The number of methoxy groups -OCH3 is 2. The summed E-state index contributed by atoms with van der Waals surface area (Å²) in [6.45, 7) is 3.71. The van der Waals surface area contributed by atoms with Gasteiger partial charge < -0.3 is 14.8 Å². The van der Waals surface area contributed by atoms with Crippen LogP contribution in [0.4, 0.5) is 5.00 Å². The molecule has 0 saturated carbocycles. The summed E-state index contributed by atoms with van der Waals surface area (Å²) in [5, 5.41) is 7.08. The van der Waals surface area contributed by atoms with E-state index in [0.717, 1.165) is 15.8 Å². The lowest BCUT2D eigenvalue weighted by atomic mass is 10.1. The summed E-state index contributed by atoms with van der Waals surface area (Å²) >= 11 is 4.28. The highest BCUT2D eigenvalue weighted by Crippen LogP contribution is 2.34. The van der Waals surface area contributed by atoms with Crippen LogP contribution < -0.4 is 5.32 Å². The number of thiophene rings is 1. The number of carbonyl (C=O) groups is 3. The third kappa shape index (κ3) is 4.31. The minimum Gasteiger partial charge on any atom is -0.465 e. The van der Waals surface area contributed by atoms with Crippen molar-refractivity contribution in [3.63, 3.8) is 0 Å². The van der Waals surface area contributed by atoms with Gasteiger partial charge in [0.15, 0.2) is 0 Å². The van der Waals surface area contributed by atoms with Crippen molar-refractivity contribution in [3.8, 4) is 0 Å². The van der Waals surface area contributed by atoms with E-state index in [-0.39, 0.29) is 21.3 Å². The van der Waals surface area contributed by atoms with Crippen LogP contribution in [0.1, 0.15) is 32.5 Å². The smallest absolute Gasteiger partial charge is 0.348 e. The Labute approximate surface area is 162 Å². The first-order valence-corrected chi connectivity index (χ1v) is 9.18. The predicted octanol–water partition coefficient (Wildman–Crippen LogP) is 2.86. The molecule has 0 spiro atoms. The molecule has 1 unspecified atom stereocenters. The molecule has 1 amide bonds. The second kappa shape index (κ2) is 8.45. The first-order valence-electron chi connectivity index (χ1n) is 7.57. The zero-order valence-corrected chi connectivity index (χ0v) is 17.1. The minimum atomic E-state index is -0.632. The van der Waals surface area contributed by atoms with Gasteiger partial charge in [-0.15, -0.1) is 11.3 Å². The topological polar surface area (TPSA) is 99.5 Å². The van der Waals surface area contributed by atoms with Gasteiger partial charge in [-0.05, 0) is 28.4 Å². The molecule has 2 aromatic rings. The number of aromatic nitrogens is 2. The molecule has 1 atom stereocenters. The number of amides is 1. The van der Waals surface area contributed by atoms with Crippen molar-refractivity contribution in [1.82, 2.24) is 9.78 Å². The summed E-state index contributed by atoms with van der Waals surface area (Å²) in [7, 11) is 2.49. The summed E-state index contributed by atoms with van der Waals surface area (Å²) < 4.78 is 11.9. The van der Waals surface area contributed by atoms with Gasteiger partial charge in [0.1, 0.15) is 9.88 Å². The molecule has 8 nitrogen and oxygen atoms in total. The molecule has 0 radical (unpaired) electrons. The Kier molecular flexibility index (Phi) is 6.54. The number of ether oxygens (including phenoxy) is 2. The number of nitrogens with one attached hydrogen (secondary N) is 1. The fourth-order valence-electron chi connectivity index (χ4n) is 2.27. The van der Waals surface area contributed by atoms with E-state index in [1.807, 2.05) is 0 Å². The Morgan fingerprint density at radius 2 is 1.96 bits per heavy atom. The highest BCUT2D eigenvalue weighted by atomic mass is 79.9. The Morgan fingerprint density at radius 3 is 2.50 bits per heavy atom. The van der Waals surface area contributed by atoms with Crippen LogP contribution in [0, 0.1) is 12.8 Å². The number of carbonyl (C=O) groups excluding carboxylic acids is 3. The van der Waals surface area contributed by atoms with Crippen LogP contribution in [0.15, 0.2) is 16.9 Å². The Bertz CT molecular complexity index is 845. The number of anilines is 1. The summed E-state index contributed by atoms with van der Waals surface area (Å²) in [4.78, 5) is 36.7. The third-order valence-corrected chi connectivity index (χ3v) is 5.25. The molecule has 2 aromatic heterocycles. The molecular formula is C16H18BrN3O5S. The van der Waals surface area contributed by atoms with Gasteiger partial charge in [0, 0.05) is 6.20 Å². The number of halogens is 1. The molecule has 26 heavy (non-hydrogen) atoms. The van der Waals surface area contributed by atoms with E-state index >= 15 is 0 Å². The third-order valence-electron chi connectivity index (χ3n) is 3.65. The standard InChI is InChI=1S/C16H18BrN3O5S/c1-8(6-20-7-10(17)5-18-20)13(21)19-14-11(15(22)24-3)9(2)12(26-14)16(23)25-4/h5,7-8H,6H2,1-4H3,(H,19,21). The van der Waals surface area contributed by atoms with Crippen molar-refractivity contribution in [2.24, 2.45) is 5.92 Å². The molecule has 0 fully saturated rings. The quantitative estimate of drug-likeness (QED) is 0.688. The number of rotatable bonds is 6. The fourth-order valence-corrected chi connectivity index (χ4v) is 3.72. The van der Waals surface area contributed by atoms with Crippen molar-refractivity contribution >= 4 is 50.1 Å². The van der Waals surface area contributed by atoms with Crippen molar-refractivity contribution < 1.29 is 23.9 Å². The lowest BCUT2D eigenvalue weighted by Crippen LogP contribution is -2.25. The number of esters is 2. The molecule has 1 N–H and O–H groups in total. The first kappa shape index (κ1) is 20.1. The second-order valence-electron chi connectivity index (χ2n) is 5.51. The number of hydrogen-bond donors (Lipinski definition) is 1. The van der Waals surface area contributed by atoms with Crippen LogP contribution in [-0.2, 0) is 20.8 Å². The molecule has 0 bridgehead atoms. The molecule has 140 valence electrons. The maximum atomic E-state index is 12.5. The van der Waals surface area contributed by atoms with E-state index in [2.05, 4.69) is 26.3 Å². The van der Waals surface area contributed by atoms with Gasteiger partial charge in [0.2, 0.25) is 5.91 Å². The summed E-state index contributed by atoms with van der Waals surface area (Å²) in [6, 6.07) is 0. The van der Waals surface area contributed by atoms with Crippen molar-refractivity contribution in [3.05, 3.63) is 32.9 Å². The van der Waals surface area contributed by atoms with E-state index < -0.39 is 17.9 Å². The summed E-state index contributed by atoms with van der Waals surface area (Å²) in [6.07, 6.45) is 3.39. The molecule has 0 aliphatic heterocycles. The normalized spacial score (nSPS) is 11.7. The SMILES string of the molecule is COC(=O)c1sc(NC(=O)C(C)Cn2cc(Br)cn2)c(C(=O)OC)c1C. The van der Waals surface area contributed by atoms with Gasteiger partial charge in [-0.3, -0.25) is 9.48 Å². The van der Waals surface area contributed by atoms with Crippen LogP contribution >= 0.6 is 27.3 Å². The molecule has 10 heteroatoms. The molecule has 2 heterocycles. The highest BCUT2D eigenvalue weighted by Gasteiger charge is 2.27. The van der Waals surface area contributed by atoms with Crippen LogP contribution in [0.3, 0.4) is 0 Å². The van der Waals surface area contributed by atoms with Gasteiger partial charge >= 0.3 is 11.9 Å². The van der Waals surface area contributed by atoms with E-state index in [9.17, 15) is 14.4 Å². The molecule has 0 aliphatic carbocycles. The van der Waals surface area contributed by atoms with E-state index in [4.69, 9.17) is 9.47 Å². The lowest BCUT2D eigenvalue weighted by Gasteiger charge is -2.12. The van der Waals surface area contributed by atoms with Gasteiger partial charge in [-0.2, -0.15) is 5.10 Å². The summed E-state index contributed by atoms with van der Waals surface area (Å²) in [5.74, 6) is -1.93. The van der Waals surface area contributed by atoms with Crippen LogP contribution in [0.5, 0.6) is 0 Å². The van der Waals surface area contributed by atoms with Gasteiger partial charge in [-0.1, -0.05) is 6.92 Å². The van der Waals surface area contributed by atoms with E-state index in [1.165, 1.54) is 14.2 Å². The lowest BCUT2D eigenvalue weighted by molar-refractivity contribution is -0.119. The average molecular weight is 444 g/mol. The van der Waals surface area contributed by atoms with Crippen molar-refractivity contribution in [1.29, 1.82) is 0 Å². The van der Waals surface area contributed by atoms with E-state index in [1.54, 1.807) is 30.9 Å². The predicted molar refractivity (Wildman–Crippen MR) is 99.5 cm³/mol. The maximum absolute atomic E-state index is 12.5. The zero-order valence-electron chi connectivity index (χ0n) is 14.7. The number of hydrogen-bond acceptors (Lipinski definition) is 7. The minimum absolute atomic E-state index is 0.153. The van der Waals surface area contributed by atoms with Crippen LogP contribution in [0.25, 0.3) is 0 Å². The van der Waals surface area contributed by atoms with Gasteiger partial charge in [-0.25, -0.2) is 9.59 Å². The highest BCUT2D eigenvalue weighted by molar-refractivity contribution is 9.10. The molecule has 0 aromatic carbocycles. The Hall–Kier alpha value is -2.20. The maximum Gasteiger partial charge on any atom is 0.348 e. The molecular weight excluding hydrogens is 426 g/mol. The van der Waals surface area contributed by atoms with Crippen LogP contribution in [-0.4, -0.2) is 41.8 Å². The molecule has 2 rings (SSSR count). The van der Waals surface area contributed by atoms with Crippen LogP contribution in [0.2, 0.25) is 0 Å². The van der Waals surface area contributed by atoms with Crippen molar-refractivity contribution in [2.75, 3.05) is 19.5 Å². The zero-order chi connectivity index (χ0) is 19.4. The first-order chi connectivity index (χ1) is 12.3. The van der Waals surface area contributed by atoms with E-state index in [0.29, 0.717) is 12.1 Å². The fraction of sp³-hybridized carbons (Fsp3) is 0.375. The van der Waals surface area contributed by atoms with Gasteiger partial charge in [0.25, 0.3) is 0 Å². The Morgan fingerprint density at radius 1 is 1.31 bits per heavy atom. The number of nitrogens with zero attached hydrogens (tertiary/aromatic N) is 2. The summed E-state index contributed by atoms with van der Waals surface area (Å²) in [5.41, 5.74) is 0.563.